The first-order chi connectivity index (χ1) is 12.1. The van der Waals surface area contributed by atoms with Crippen molar-refractivity contribution in [2.24, 2.45) is 11.8 Å². The fraction of sp³-hybridized carbons (Fsp3) is 0.700. The summed E-state index contributed by atoms with van der Waals surface area (Å²) in [5.41, 5.74) is 0.490. The van der Waals surface area contributed by atoms with E-state index in [0.717, 1.165) is 18.4 Å². The first-order valence-corrected chi connectivity index (χ1v) is 9.70. The van der Waals surface area contributed by atoms with E-state index in [9.17, 15) is 4.79 Å². The van der Waals surface area contributed by atoms with E-state index in [-0.39, 0.29) is 18.1 Å². The van der Waals surface area contributed by atoms with Crippen molar-refractivity contribution >= 4 is 17.7 Å². The van der Waals surface area contributed by atoms with Gasteiger partial charge in [-0.2, -0.15) is 0 Å². The lowest BCUT2D eigenvalue weighted by Gasteiger charge is -2.28. The molecule has 1 aromatic heterocycles. The molecule has 0 aromatic carbocycles. The summed E-state index contributed by atoms with van der Waals surface area (Å²) in [6.07, 6.45) is 3.22. The second-order valence-electron chi connectivity index (χ2n) is 8.51. The Morgan fingerprint density at radius 1 is 1.42 bits per heavy atom. The Labute approximate surface area is 162 Å². The second kappa shape index (κ2) is 8.47. The molecule has 2 atom stereocenters. The van der Waals surface area contributed by atoms with E-state index in [2.05, 4.69) is 18.8 Å². The van der Waals surface area contributed by atoms with Crippen molar-refractivity contribution in [3.05, 3.63) is 23.0 Å². The first kappa shape index (κ1) is 20.8. The monoisotopic (exact) mass is 382 g/mol. The van der Waals surface area contributed by atoms with Gasteiger partial charge in [-0.3, -0.25) is 0 Å². The number of rotatable bonds is 5. The Balaban J connectivity index is 2.09. The molecule has 1 saturated heterocycles. The van der Waals surface area contributed by atoms with Gasteiger partial charge < -0.3 is 14.4 Å². The van der Waals surface area contributed by atoms with Crippen molar-refractivity contribution < 1.29 is 14.3 Å². The highest BCUT2D eigenvalue weighted by Crippen LogP contribution is 2.33. The predicted octanol–water partition coefficient (Wildman–Crippen LogP) is 5.09. The van der Waals surface area contributed by atoms with Crippen molar-refractivity contribution in [3.8, 4) is 5.75 Å². The van der Waals surface area contributed by atoms with Crippen molar-refractivity contribution in [1.82, 2.24) is 9.88 Å². The van der Waals surface area contributed by atoms with E-state index in [0.29, 0.717) is 29.9 Å². The molecule has 146 valence electrons. The number of pyridine rings is 1. The quantitative estimate of drug-likeness (QED) is 0.665. The van der Waals surface area contributed by atoms with E-state index in [1.165, 1.54) is 0 Å². The Morgan fingerprint density at radius 3 is 2.69 bits per heavy atom. The van der Waals surface area contributed by atoms with Gasteiger partial charge in [0.1, 0.15) is 11.7 Å². The number of halogens is 1. The minimum absolute atomic E-state index is 0.0113. The van der Waals surface area contributed by atoms with Gasteiger partial charge in [-0.1, -0.05) is 25.4 Å². The maximum atomic E-state index is 12.3. The molecular formula is C20H31ClN2O3. The highest BCUT2D eigenvalue weighted by Gasteiger charge is 2.35. The summed E-state index contributed by atoms with van der Waals surface area (Å²) in [6.45, 7) is 13.3. The Morgan fingerprint density at radius 2 is 2.12 bits per heavy atom. The number of amides is 1. The molecular weight excluding hydrogens is 352 g/mol. The predicted molar refractivity (Wildman–Crippen MR) is 104 cm³/mol. The van der Waals surface area contributed by atoms with Gasteiger partial charge in [0.25, 0.3) is 0 Å². The molecule has 26 heavy (non-hydrogen) atoms. The summed E-state index contributed by atoms with van der Waals surface area (Å²) in [5, 5.41) is 0.390. The molecule has 0 N–H and O–H groups in total. The number of ether oxygens (including phenoxy) is 2. The zero-order chi connectivity index (χ0) is 19.5. The Kier molecular flexibility index (Phi) is 6.78. The van der Waals surface area contributed by atoms with Gasteiger partial charge in [0, 0.05) is 25.2 Å². The van der Waals surface area contributed by atoms with Crippen LogP contribution in [-0.4, -0.2) is 40.8 Å². The van der Waals surface area contributed by atoms with E-state index in [1.54, 1.807) is 11.1 Å². The molecule has 0 saturated carbocycles. The normalized spacial score (nSPS) is 18.9. The van der Waals surface area contributed by atoms with Gasteiger partial charge in [0.15, 0.2) is 10.9 Å². The van der Waals surface area contributed by atoms with Crippen LogP contribution in [0.3, 0.4) is 0 Å². The second-order valence-corrected chi connectivity index (χ2v) is 8.87. The highest BCUT2D eigenvalue weighted by molar-refractivity contribution is 6.30. The van der Waals surface area contributed by atoms with Crippen LogP contribution in [0.2, 0.25) is 5.15 Å². The maximum Gasteiger partial charge on any atom is 0.410 e. The van der Waals surface area contributed by atoms with Gasteiger partial charge in [-0.25, -0.2) is 9.78 Å². The number of aryl methyl sites for hydroxylation is 1. The summed E-state index contributed by atoms with van der Waals surface area (Å²) < 4.78 is 11.8. The lowest BCUT2D eigenvalue weighted by molar-refractivity contribution is 0.0270. The number of likely N-dealkylation sites (tertiary alicyclic amines) is 1. The van der Waals surface area contributed by atoms with Gasteiger partial charge in [0.05, 0.1) is 0 Å². The van der Waals surface area contributed by atoms with Gasteiger partial charge >= 0.3 is 6.09 Å². The minimum Gasteiger partial charge on any atom is -0.487 e. The molecule has 1 aromatic rings. The van der Waals surface area contributed by atoms with Crippen LogP contribution in [0.4, 0.5) is 4.79 Å². The van der Waals surface area contributed by atoms with Crippen LogP contribution in [0.15, 0.2) is 12.3 Å². The van der Waals surface area contributed by atoms with Crippen LogP contribution in [0.25, 0.3) is 0 Å². The molecule has 0 bridgehead atoms. The van der Waals surface area contributed by atoms with Crippen molar-refractivity contribution in [3.63, 3.8) is 0 Å². The summed E-state index contributed by atoms with van der Waals surface area (Å²) in [7, 11) is 0. The van der Waals surface area contributed by atoms with Crippen molar-refractivity contribution in [1.29, 1.82) is 0 Å². The van der Waals surface area contributed by atoms with Crippen LogP contribution in [0, 0.1) is 18.8 Å². The molecule has 1 amide bonds. The van der Waals surface area contributed by atoms with Gasteiger partial charge in [-0.05, 0) is 58.1 Å². The fourth-order valence-corrected chi connectivity index (χ4v) is 3.44. The standard InChI is InChI=1S/C20H31ClN2O3/c1-13(2)11-16(25-17-14(3)7-9-22-18(17)21)15-8-10-23(12-15)19(24)26-20(4,5)6/h7,9,13,15-16H,8,10-12H2,1-6H3. The van der Waals surface area contributed by atoms with E-state index in [1.807, 2.05) is 33.8 Å². The molecule has 2 heterocycles. The van der Waals surface area contributed by atoms with Crippen molar-refractivity contribution in [2.45, 2.75) is 66.1 Å². The molecule has 6 heteroatoms. The summed E-state index contributed by atoms with van der Waals surface area (Å²) in [6, 6.07) is 1.90. The Bertz CT molecular complexity index is 608. The molecule has 2 rings (SSSR count). The van der Waals surface area contributed by atoms with Crippen LogP contribution in [-0.2, 0) is 4.74 Å². The summed E-state index contributed by atoms with van der Waals surface area (Å²) >= 11 is 6.25. The SMILES string of the molecule is Cc1ccnc(Cl)c1OC(CC(C)C)C1CCN(C(=O)OC(C)(C)C)C1. The smallest absolute Gasteiger partial charge is 0.410 e. The lowest BCUT2D eigenvalue weighted by Crippen LogP contribution is -2.37. The first-order valence-electron chi connectivity index (χ1n) is 9.32. The van der Waals surface area contributed by atoms with E-state index >= 15 is 0 Å². The number of carbonyl (C=O) groups is 1. The third-order valence-corrected chi connectivity index (χ3v) is 4.70. The zero-order valence-electron chi connectivity index (χ0n) is 16.7. The molecule has 2 unspecified atom stereocenters. The fourth-order valence-electron chi connectivity index (χ4n) is 3.19. The van der Waals surface area contributed by atoms with Gasteiger partial charge in [0.2, 0.25) is 0 Å². The summed E-state index contributed by atoms with van der Waals surface area (Å²) in [5.74, 6) is 1.38. The van der Waals surface area contributed by atoms with Gasteiger partial charge in [-0.15, -0.1) is 0 Å². The largest absolute Gasteiger partial charge is 0.487 e. The molecule has 1 fully saturated rings. The third kappa shape index (κ3) is 5.76. The van der Waals surface area contributed by atoms with Crippen molar-refractivity contribution in [2.75, 3.05) is 13.1 Å². The number of hydrogen-bond acceptors (Lipinski definition) is 4. The van der Waals surface area contributed by atoms with Crippen LogP contribution >= 0.6 is 11.6 Å². The number of nitrogens with zero attached hydrogens (tertiary/aromatic N) is 2. The van der Waals surface area contributed by atoms with Crippen LogP contribution in [0.5, 0.6) is 5.75 Å². The number of carbonyl (C=O) groups excluding carboxylic acids is 1. The Hall–Kier alpha value is -1.49. The molecule has 0 aliphatic carbocycles. The average Bonchev–Trinajstić information content (AvgIpc) is 2.98. The molecule has 0 radical (unpaired) electrons. The summed E-state index contributed by atoms with van der Waals surface area (Å²) in [4.78, 5) is 18.3. The molecule has 5 nitrogen and oxygen atoms in total. The molecule has 1 aliphatic rings. The van der Waals surface area contributed by atoms with Crippen LogP contribution < -0.4 is 4.74 Å². The van der Waals surface area contributed by atoms with E-state index in [4.69, 9.17) is 21.1 Å². The van der Waals surface area contributed by atoms with E-state index < -0.39 is 5.60 Å². The maximum absolute atomic E-state index is 12.3. The minimum atomic E-state index is -0.483. The molecule has 1 aliphatic heterocycles. The average molecular weight is 383 g/mol. The van der Waals surface area contributed by atoms with Crippen LogP contribution in [0.1, 0.15) is 53.0 Å². The third-order valence-electron chi connectivity index (χ3n) is 4.43. The highest BCUT2D eigenvalue weighted by atomic mass is 35.5. The zero-order valence-corrected chi connectivity index (χ0v) is 17.5. The number of aromatic nitrogens is 1. The number of hydrogen-bond donors (Lipinski definition) is 0. The lowest BCUT2D eigenvalue weighted by atomic mass is 9.93. The topological polar surface area (TPSA) is 51.7 Å². The molecule has 0 spiro atoms.